The Hall–Kier alpha value is -2.48. The number of nitriles is 1. The van der Waals surface area contributed by atoms with Gasteiger partial charge in [0.1, 0.15) is 23.7 Å². The average molecular weight is 370 g/mol. The van der Waals surface area contributed by atoms with E-state index in [0.29, 0.717) is 0 Å². The minimum absolute atomic E-state index is 0.0176. The maximum absolute atomic E-state index is 14.3. The summed E-state index contributed by atoms with van der Waals surface area (Å²) in [6.45, 7) is 0. The van der Waals surface area contributed by atoms with Gasteiger partial charge in [-0.05, 0) is 12.1 Å². The molecule has 130 valence electrons. The number of fused-ring (bicyclic) bond motifs is 1. The summed E-state index contributed by atoms with van der Waals surface area (Å²) in [5.74, 6) is -4.57. The van der Waals surface area contributed by atoms with Crippen LogP contribution in [0.1, 0.15) is 29.0 Å². The number of aliphatic hydroxyl groups is 1. The third kappa shape index (κ3) is 2.76. The van der Waals surface area contributed by atoms with Crippen molar-refractivity contribution in [1.82, 2.24) is 4.98 Å². The fourth-order valence-corrected chi connectivity index (χ4v) is 3.16. The summed E-state index contributed by atoms with van der Waals surface area (Å²) >= 11 is -2.71. The van der Waals surface area contributed by atoms with Crippen LogP contribution in [0.4, 0.5) is 13.2 Å². The molecule has 0 fully saturated rings. The number of aliphatic hydroxyl groups excluding tert-OH is 1. The highest BCUT2D eigenvalue weighted by Crippen LogP contribution is 2.57. The van der Waals surface area contributed by atoms with Crippen LogP contribution >= 0.6 is 0 Å². The lowest BCUT2D eigenvalue weighted by Gasteiger charge is -2.16. The van der Waals surface area contributed by atoms with Crippen LogP contribution < -0.4 is 4.74 Å². The Kier molecular flexibility index (Phi) is 4.24. The largest absolute Gasteiger partial charge is 0.455 e. The second-order valence-corrected chi connectivity index (χ2v) is 6.14. The zero-order valence-corrected chi connectivity index (χ0v) is 13.0. The zero-order valence-electron chi connectivity index (χ0n) is 12.2. The molecule has 0 saturated heterocycles. The molecule has 25 heavy (non-hydrogen) atoms. The van der Waals surface area contributed by atoms with Gasteiger partial charge < -0.3 is 14.4 Å². The fourth-order valence-electron chi connectivity index (χ4n) is 2.57. The summed E-state index contributed by atoms with van der Waals surface area (Å²) in [6.07, 6.45) is -3.09. The third-order valence-corrected chi connectivity index (χ3v) is 4.43. The molecule has 2 aromatic rings. The fraction of sp³-hybridized carbons (Fsp3) is 0.200. The molecule has 0 amide bonds. The number of aromatic nitrogens is 1. The van der Waals surface area contributed by atoms with E-state index in [-0.39, 0.29) is 17.1 Å². The molecular weight excluding hydrogens is 361 g/mol. The van der Waals surface area contributed by atoms with Crippen LogP contribution in [0.2, 0.25) is 0 Å². The third-order valence-electron chi connectivity index (χ3n) is 3.69. The Labute approximate surface area is 141 Å². The molecule has 0 saturated carbocycles. The van der Waals surface area contributed by atoms with Gasteiger partial charge in [0.05, 0.1) is 16.7 Å². The number of benzene rings is 1. The average Bonchev–Trinajstić information content (AvgIpc) is 2.76. The Morgan fingerprint density at radius 3 is 2.68 bits per heavy atom. The van der Waals surface area contributed by atoms with Gasteiger partial charge in [0, 0.05) is 23.4 Å². The first kappa shape index (κ1) is 17.3. The van der Waals surface area contributed by atoms with Crippen LogP contribution in [0.5, 0.6) is 11.5 Å². The van der Waals surface area contributed by atoms with Gasteiger partial charge >= 0.3 is 5.92 Å². The van der Waals surface area contributed by atoms with Gasteiger partial charge in [0.15, 0.2) is 17.3 Å². The van der Waals surface area contributed by atoms with Gasteiger partial charge in [-0.15, -0.1) is 0 Å². The minimum atomic E-state index is -4.18. The van der Waals surface area contributed by atoms with Gasteiger partial charge in [0.25, 0.3) is 0 Å². The van der Waals surface area contributed by atoms with Gasteiger partial charge in [0.2, 0.25) is 0 Å². The molecule has 0 aliphatic heterocycles. The van der Waals surface area contributed by atoms with Crippen molar-refractivity contribution in [1.29, 1.82) is 5.26 Å². The van der Waals surface area contributed by atoms with Crippen molar-refractivity contribution < 1.29 is 31.8 Å². The Balaban J connectivity index is 2.15. The van der Waals surface area contributed by atoms with Crippen molar-refractivity contribution in [2.24, 2.45) is 0 Å². The van der Waals surface area contributed by atoms with Gasteiger partial charge in [-0.25, -0.2) is 8.60 Å². The quantitative estimate of drug-likeness (QED) is 0.805. The Morgan fingerprint density at radius 1 is 1.32 bits per heavy atom. The van der Waals surface area contributed by atoms with Gasteiger partial charge in [-0.1, -0.05) is 0 Å². The summed E-state index contributed by atoms with van der Waals surface area (Å²) < 4.78 is 67.9. The molecular formula is C15H9F3N2O4S. The predicted octanol–water partition coefficient (Wildman–Crippen LogP) is 3.02. The monoisotopic (exact) mass is 370 g/mol. The zero-order chi connectivity index (χ0) is 18.4. The van der Waals surface area contributed by atoms with Crippen molar-refractivity contribution in [3.8, 4) is 17.6 Å². The number of hydrogen-bond acceptors (Lipinski definition) is 5. The summed E-state index contributed by atoms with van der Waals surface area (Å²) in [6, 6.07) is 5.10. The first-order chi connectivity index (χ1) is 11.8. The minimum Gasteiger partial charge on any atom is -0.455 e. The highest BCUT2D eigenvalue weighted by Gasteiger charge is 2.58. The molecule has 3 atom stereocenters. The number of pyridine rings is 1. The highest BCUT2D eigenvalue weighted by atomic mass is 32.2. The molecule has 0 bridgehead atoms. The lowest BCUT2D eigenvalue weighted by Crippen LogP contribution is -2.24. The molecule has 0 spiro atoms. The second-order valence-electron chi connectivity index (χ2n) is 5.20. The van der Waals surface area contributed by atoms with Crippen LogP contribution in [0.3, 0.4) is 0 Å². The lowest BCUT2D eigenvalue weighted by atomic mass is 10.1. The van der Waals surface area contributed by atoms with Crippen LogP contribution in [-0.4, -0.2) is 24.8 Å². The molecule has 1 aromatic carbocycles. The summed E-state index contributed by atoms with van der Waals surface area (Å²) in [5.41, 5.74) is -1.26. The summed E-state index contributed by atoms with van der Waals surface area (Å²) in [5, 5.41) is 18.6. The maximum atomic E-state index is 14.3. The standard InChI is InChI=1S/C15H9F3N2O4S/c16-13-11-9(24-8-3-7(4-19)5-20-6-8)1-2-10(25(22)23)12(11)14(21)15(13,17)18/h1-3,5-6,13-14,21H,(H,22,23)/t13-,14+/m1/s1. The van der Waals surface area contributed by atoms with Crippen LogP contribution in [0.25, 0.3) is 0 Å². The van der Waals surface area contributed by atoms with E-state index in [1.54, 1.807) is 0 Å². The van der Waals surface area contributed by atoms with E-state index in [4.69, 9.17) is 10.00 Å². The number of rotatable bonds is 3. The summed E-state index contributed by atoms with van der Waals surface area (Å²) in [7, 11) is 0. The van der Waals surface area contributed by atoms with Gasteiger partial charge in [-0.3, -0.25) is 4.98 Å². The van der Waals surface area contributed by atoms with E-state index in [2.05, 4.69) is 4.98 Å². The first-order valence-electron chi connectivity index (χ1n) is 6.78. The Bertz CT molecular complexity index is 916. The van der Waals surface area contributed by atoms with Crippen molar-refractivity contribution in [3.05, 3.63) is 47.3 Å². The van der Waals surface area contributed by atoms with E-state index in [9.17, 15) is 27.0 Å². The molecule has 1 aromatic heterocycles. The highest BCUT2D eigenvalue weighted by molar-refractivity contribution is 7.79. The number of ether oxygens (including phenoxy) is 1. The Morgan fingerprint density at radius 2 is 2.04 bits per heavy atom. The van der Waals surface area contributed by atoms with Crippen LogP contribution in [-0.2, 0) is 11.1 Å². The SMILES string of the molecule is N#Cc1cncc(Oc2ccc(S(=O)O)c3c2[C@@H](F)C(F)(F)[C@H]3O)c1. The number of nitrogens with zero attached hydrogens (tertiary/aromatic N) is 2. The molecule has 10 heteroatoms. The molecule has 0 radical (unpaired) electrons. The van der Waals surface area contributed by atoms with E-state index >= 15 is 0 Å². The topological polar surface area (TPSA) is 103 Å². The molecule has 1 heterocycles. The van der Waals surface area contributed by atoms with Crippen LogP contribution in [0.15, 0.2) is 35.5 Å². The number of halogens is 3. The van der Waals surface area contributed by atoms with Crippen LogP contribution in [0, 0.1) is 11.3 Å². The molecule has 1 aliphatic carbocycles. The lowest BCUT2D eigenvalue weighted by molar-refractivity contribution is -0.143. The smallest absolute Gasteiger partial charge is 0.312 e. The van der Waals surface area contributed by atoms with Crippen molar-refractivity contribution >= 4 is 11.1 Å². The molecule has 6 nitrogen and oxygen atoms in total. The molecule has 2 N–H and O–H groups in total. The van der Waals surface area contributed by atoms with Crippen molar-refractivity contribution in [2.75, 3.05) is 0 Å². The van der Waals surface area contributed by atoms with Gasteiger partial charge in [-0.2, -0.15) is 14.0 Å². The summed E-state index contributed by atoms with van der Waals surface area (Å²) in [4.78, 5) is 3.20. The van der Waals surface area contributed by atoms with E-state index in [1.165, 1.54) is 18.5 Å². The van der Waals surface area contributed by atoms with E-state index in [0.717, 1.165) is 12.1 Å². The van der Waals surface area contributed by atoms with E-state index < -0.39 is 45.3 Å². The normalized spacial score (nSPS) is 22.1. The number of hydrogen-bond donors (Lipinski definition) is 2. The van der Waals surface area contributed by atoms with Crippen molar-refractivity contribution in [2.45, 2.75) is 23.1 Å². The molecule has 3 rings (SSSR count). The maximum Gasteiger partial charge on any atom is 0.312 e. The van der Waals surface area contributed by atoms with Crippen molar-refractivity contribution in [3.63, 3.8) is 0 Å². The first-order valence-corrected chi connectivity index (χ1v) is 7.88. The van der Waals surface area contributed by atoms with E-state index in [1.807, 2.05) is 6.07 Å². The second kappa shape index (κ2) is 6.11. The molecule has 1 aliphatic rings. The number of alkyl halides is 3. The predicted molar refractivity (Wildman–Crippen MR) is 78.3 cm³/mol. The molecule has 1 unspecified atom stereocenters.